The molecular weight excluding hydrogens is 520 g/mol. The van der Waals surface area contributed by atoms with Gasteiger partial charge in [-0.2, -0.15) is 5.10 Å². The third-order valence-corrected chi connectivity index (χ3v) is 5.49. The van der Waals surface area contributed by atoms with E-state index in [2.05, 4.69) is 31.8 Å². The fourth-order valence-electron chi connectivity index (χ4n) is 3.05. The number of ether oxygens (including phenoxy) is 2. The van der Waals surface area contributed by atoms with Gasteiger partial charge in [-0.05, 0) is 64.0 Å². The second kappa shape index (κ2) is 10.6. The van der Waals surface area contributed by atoms with E-state index in [0.717, 1.165) is 0 Å². The van der Waals surface area contributed by atoms with Crippen molar-refractivity contribution in [1.82, 2.24) is 10.7 Å². The lowest BCUT2D eigenvalue weighted by atomic mass is 10.1. The molecule has 176 valence electrons. The normalized spacial score (nSPS) is 12.4. The molecule has 1 aliphatic rings. The van der Waals surface area contributed by atoms with E-state index in [9.17, 15) is 19.7 Å². The topological polar surface area (TPSA) is 132 Å². The Morgan fingerprint density at radius 1 is 1.03 bits per heavy atom. The Morgan fingerprint density at radius 2 is 1.71 bits per heavy atom. The molecule has 0 saturated heterocycles. The van der Waals surface area contributed by atoms with E-state index in [1.807, 2.05) is 0 Å². The molecule has 0 unspecified atom stereocenters. The predicted molar refractivity (Wildman–Crippen MR) is 131 cm³/mol. The zero-order valence-corrected chi connectivity index (χ0v) is 19.5. The largest absolute Gasteiger partial charge is 0.454 e. The summed E-state index contributed by atoms with van der Waals surface area (Å²) in [7, 11) is 0. The van der Waals surface area contributed by atoms with Crippen LogP contribution in [0.15, 0.2) is 82.0 Å². The number of nitrogens with zero attached hydrogens (tertiary/aromatic N) is 2. The second-order valence-electron chi connectivity index (χ2n) is 7.15. The van der Waals surface area contributed by atoms with Crippen LogP contribution in [0.1, 0.15) is 21.5 Å². The van der Waals surface area contributed by atoms with Gasteiger partial charge in [0.05, 0.1) is 11.1 Å². The molecule has 3 aromatic rings. The number of fused-ring (bicyclic) bond motifs is 1. The highest BCUT2D eigenvalue weighted by molar-refractivity contribution is 9.10. The standard InChI is InChI=1S/C24H17BrN4O6/c25-19-12-22-21(34-14-35-22)11-17(19)13-26-28-24(31)20(27-23(30)16-4-2-1-3-5-16)10-15-6-8-18(9-7-15)29(32)33/h1-13H,14H2,(H,27,30)(H,28,31)/b20-10-,26-13?. The molecule has 0 saturated carbocycles. The lowest BCUT2D eigenvalue weighted by Crippen LogP contribution is -2.32. The Balaban J connectivity index is 1.55. The smallest absolute Gasteiger partial charge is 0.287 e. The molecule has 1 aliphatic heterocycles. The lowest BCUT2D eigenvalue weighted by Gasteiger charge is -2.09. The van der Waals surface area contributed by atoms with Crippen molar-refractivity contribution in [2.45, 2.75) is 0 Å². The van der Waals surface area contributed by atoms with Crippen LogP contribution in [0.25, 0.3) is 6.08 Å². The first kappa shape index (κ1) is 23.6. The highest BCUT2D eigenvalue weighted by Gasteiger charge is 2.17. The zero-order chi connectivity index (χ0) is 24.8. The van der Waals surface area contributed by atoms with Gasteiger partial charge in [-0.25, -0.2) is 5.43 Å². The summed E-state index contributed by atoms with van der Waals surface area (Å²) in [5.74, 6) is -0.0537. The lowest BCUT2D eigenvalue weighted by molar-refractivity contribution is -0.384. The van der Waals surface area contributed by atoms with Gasteiger partial charge in [0.25, 0.3) is 17.5 Å². The third kappa shape index (κ3) is 5.89. The summed E-state index contributed by atoms with van der Waals surface area (Å²) in [6, 6.07) is 17.3. The molecule has 4 rings (SSSR count). The van der Waals surface area contributed by atoms with Gasteiger partial charge in [-0.1, -0.05) is 18.2 Å². The number of halogens is 1. The van der Waals surface area contributed by atoms with Gasteiger partial charge in [0, 0.05) is 27.7 Å². The van der Waals surface area contributed by atoms with Crippen molar-refractivity contribution in [2.24, 2.45) is 5.10 Å². The Kier molecular flexibility index (Phi) is 7.17. The number of carbonyl (C=O) groups is 2. The number of carbonyl (C=O) groups excluding carboxylic acids is 2. The van der Waals surface area contributed by atoms with Gasteiger partial charge in [-0.15, -0.1) is 0 Å². The Morgan fingerprint density at radius 3 is 2.40 bits per heavy atom. The van der Waals surface area contributed by atoms with Crippen molar-refractivity contribution in [2.75, 3.05) is 6.79 Å². The minimum absolute atomic E-state index is 0.0969. The zero-order valence-electron chi connectivity index (χ0n) is 17.9. The number of nitro groups is 1. The summed E-state index contributed by atoms with van der Waals surface area (Å²) in [6.07, 6.45) is 2.80. The minimum atomic E-state index is -0.694. The monoisotopic (exact) mass is 536 g/mol. The van der Waals surface area contributed by atoms with Crippen molar-refractivity contribution in [3.05, 3.63) is 104 Å². The van der Waals surface area contributed by atoms with Crippen LogP contribution in [0.2, 0.25) is 0 Å². The van der Waals surface area contributed by atoms with E-state index < -0.39 is 16.7 Å². The molecule has 2 amide bonds. The molecule has 35 heavy (non-hydrogen) atoms. The third-order valence-electron chi connectivity index (χ3n) is 4.81. The van der Waals surface area contributed by atoms with Crippen molar-refractivity contribution in [3.63, 3.8) is 0 Å². The SMILES string of the molecule is O=C(NN=Cc1cc2c(cc1Br)OCO2)/C(=C/c1ccc([N+](=O)[O-])cc1)NC(=O)c1ccccc1. The molecule has 0 atom stereocenters. The van der Waals surface area contributed by atoms with E-state index in [0.29, 0.717) is 32.7 Å². The molecule has 3 aromatic carbocycles. The number of benzene rings is 3. The number of nitrogens with one attached hydrogen (secondary N) is 2. The Hall–Kier alpha value is -4.51. The Bertz CT molecular complexity index is 1340. The highest BCUT2D eigenvalue weighted by Crippen LogP contribution is 2.36. The molecule has 0 fully saturated rings. The fourth-order valence-corrected chi connectivity index (χ4v) is 3.48. The maximum absolute atomic E-state index is 12.9. The van der Waals surface area contributed by atoms with Crippen molar-refractivity contribution < 1.29 is 24.0 Å². The minimum Gasteiger partial charge on any atom is -0.454 e. The van der Waals surface area contributed by atoms with Gasteiger partial charge in [0.2, 0.25) is 6.79 Å². The number of nitro benzene ring substituents is 1. The van der Waals surface area contributed by atoms with Gasteiger partial charge in [0.15, 0.2) is 11.5 Å². The molecular formula is C24H17BrN4O6. The summed E-state index contributed by atoms with van der Waals surface area (Å²) in [5.41, 5.74) is 3.63. The van der Waals surface area contributed by atoms with E-state index in [4.69, 9.17) is 9.47 Å². The predicted octanol–water partition coefficient (Wildman–Crippen LogP) is 4.01. The van der Waals surface area contributed by atoms with Crippen LogP contribution in [0.3, 0.4) is 0 Å². The number of hydrazone groups is 1. The molecule has 0 bridgehead atoms. The van der Waals surface area contributed by atoms with E-state index >= 15 is 0 Å². The molecule has 0 radical (unpaired) electrons. The van der Waals surface area contributed by atoms with Crippen molar-refractivity contribution in [1.29, 1.82) is 0 Å². The first-order chi connectivity index (χ1) is 16.9. The molecule has 0 aromatic heterocycles. The van der Waals surface area contributed by atoms with Gasteiger partial charge < -0.3 is 14.8 Å². The number of hydrogen-bond acceptors (Lipinski definition) is 7. The number of amides is 2. The average molecular weight is 537 g/mol. The Labute approximate surface area is 207 Å². The van der Waals surface area contributed by atoms with E-state index in [1.54, 1.807) is 42.5 Å². The van der Waals surface area contributed by atoms with Crippen molar-refractivity contribution >= 4 is 45.7 Å². The molecule has 2 N–H and O–H groups in total. The van der Waals surface area contributed by atoms with Crippen LogP contribution in [0, 0.1) is 10.1 Å². The number of hydrogen-bond donors (Lipinski definition) is 2. The average Bonchev–Trinajstić information content (AvgIpc) is 3.31. The first-order valence-corrected chi connectivity index (χ1v) is 10.9. The van der Waals surface area contributed by atoms with Crippen LogP contribution in [0.5, 0.6) is 11.5 Å². The molecule has 10 nitrogen and oxygen atoms in total. The molecule has 0 aliphatic carbocycles. The van der Waals surface area contributed by atoms with Crippen molar-refractivity contribution in [3.8, 4) is 11.5 Å². The maximum atomic E-state index is 12.9. The van der Waals surface area contributed by atoms with E-state index in [-0.39, 0.29) is 18.2 Å². The number of rotatable bonds is 7. The highest BCUT2D eigenvalue weighted by atomic mass is 79.9. The molecule has 0 spiro atoms. The van der Waals surface area contributed by atoms with Gasteiger partial charge in [0.1, 0.15) is 5.70 Å². The van der Waals surface area contributed by atoms with Crippen LogP contribution >= 0.6 is 15.9 Å². The second-order valence-corrected chi connectivity index (χ2v) is 8.01. The van der Waals surface area contributed by atoms with Gasteiger partial charge in [-0.3, -0.25) is 19.7 Å². The van der Waals surface area contributed by atoms with Crippen LogP contribution < -0.4 is 20.2 Å². The van der Waals surface area contributed by atoms with Crippen LogP contribution in [0.4, 0.5) is 5.69 Å². The molecule has 1 heterocycles. The quantitative estimate of drug-likeness (QED) is 0.203. The maximum Gasteiger partial charge on any atom is 0.287 e. The van der Waals surface area contributed by atoms with E-state index in [1.165, 1.54) is 36.6 Å². The molecule has 11 heteroatoms. The summed E-state index contributed by atoms with van der Waals surface area (Å²) >= 11 is 3.41. The summed E-state index contributed by atoms with van der Waals surface area (Å²) in [5, 5.41) is 17.4. The van der Waals surface area contributed by atoms with Crippen LogP contribution in [-0.4, -0.2) is 29.7 Å². The van der Waals surface area contributed by atoms with Gasteiger partial charge >= 0.3 is 0 Å². The fraction of sp³-hybridized carbons (Fsp3) is 0.0417. The first-order valence-electron chi connectivity index (χ1n) is 10.2. The van der Waals surface area contributed by atoms with Crippen LogP contribution in [-0.2, 0) is 4.79 Å². The summed E-state index contributed by atoms with van der Waals surface area (Å²) in [6.45, 7) is 0.122. The summed E-state index contributed by atoms with van der Waals surface area (Å²) in [4.78, 5) is 35.9. The number of non-ortho nitro benzene ring substituents is 1. The summed E-state index contributed by atoms with van der Waals surface area (Å²) < 4.78 is 11.3.